The molecule has 2 rings (SSSR count). The second-order valence-corrected chi connectivity index (χ2v) is 4.26. The molecule has 1 fully saturated rings. The number of rotatable bonds is 4. The maximum absolute atomic E-state index is 10.8. The predicted molar refractivity (Wildman–Crippen MR) is 61.5 cm³/mol. The zero-order valence-electron chi connectivity index (χ0n) is 9.27. The summed E-state index contributed by atoms with van der Waals surface area (Å²) in [7, 11) is 0. The first-order valence-electron chi connectivity index (χ1n) is 5.52. The number of hydrogen-bond donors (Lipinski definition) is 1. The monoisotopic (exact) mass is 221 g/mol. The first-order chi connectivity index (χ1) is 7.66. The predicted octanol–water partition coefficient (Wildman–Crippen LogP) is 2.51. The van der Waals surface area contributed by atoms with Crippen LogP contribution in [-0.2, 0) is 0 Å². The molecule has 0 aromatic carbocycles. The molecule has 1 N–H and O–H groups in total. The van der Waals surface area contributed by atoms with E-state index in [2.05, 4.69) is 10.3 Å². The second-order valence-electron chi connectivity index (χ2n) is 4.26. The highest BCUT2D eigenvalue weighted by atomic mass is 16.6. The topological polar surface area (TPSA) is 68.1 Å². The van der Waals surface area contributed by atoms with Gasteiger partial charge in [-0.2, -0.15) is 0 Å². The van der Waals surface area contributed by atoms with Crippen molar-refractivity contribution in [3.05, 3.63) is 27.9 Å². The van der Waals surface area contributed by atoms with Gasteiger partial charge in [0.1, 0.15) is 0 Å². The summed E-state index contributed by atoms with van der Waals surface area (Å²) >= 11 is 0. The van der Waals surface area contributed by atoms with Crippen LogP contribution in [0, 0.1) is 23.0 Å². The molecule has 1 aromatic heterocycles. The smallest absolute Gasteiger partial charge is 0.311 e. The summed E-state index contributed by atoms with van der Waals surface area (Å²) in [6, 6.07) is 3.16. The highest BCUT2D eigenvalue weighted by molar-refractivity contribution is 5.56. The second kappa shape index (κ2) is 4.47. The molecule has 1 aliphatic rings. The van der Waals surface area contributed by atoms with Gasteiger partial charge in [0.15, 0.2) is 0 Å². The maximum Gasteiger partial charge on any atom is 0.311 e. The molecule has 0 spiro atoms. The van der Waals surface area contributed by atoms with Crippen LogP contribution in [0.25, 0.3) is 0 Å². The highest BCUT2D eigenvalue weighted by Crippen LogP contribution is 2.28. The van der Waals surface area contributed by atoms with E-state index in [4.69, 9.17) is 0 Å². The summed E-state index contributed by atoms with van der Waals surface area (Å²) in [6.45, 7) is 2.62. The first-order valence-corrected chi connectivity index (χ1v) is 5.52. The number of hydrogen-bond acceptors (Lipinski definition) is 4. The lowest BCUT2D eigenvalue weighted by Crippen LogP contribution is -2.21. The van der Waals surface area contributed by atoms with Gasteiger partial charge in [-0.25, -0.2) is 4.98 Å². The van der Waals surface area contributed by atoms with Crippen LogP contribution in [-0.4, -0.2) is 16.5 Å². The van der Waals surface area contributed by atoms with Gasteiger partial charge >= 0.3 is 5.69 Å². The third kappa shape index (κ3) is 2.29. The van der Waals surface area contributed by atoms with Crippen molar-refractivity contribution >= 4 is 11.5 Å². The van der Waals surface area contributed by atoms with E-state index in [1.54, 1.807) is 6.07 Å². The van der Waals surface area contributed by atoms with E-state index >= 15 is 0 Å². The van der Waals surface area contributed by atoms with Gasteiger partial charge in [0.25, 0.3) is 0 Å². The third-order valence-corrected chi connectivity index (χ3v) is 2.99. The van der Waals surface area contributed by atoms with Crippen LogP contribution in [0.2, 0.25) is 0 Å². The maximum atomic E-state index is 10.8. The molecule has 5 nitrogen and oxygen atoms in total. The Morgan fingerprint density at radius 3 is 2.88 bits per heavy atom. The van der Waals surface area contributed by atoms with Gasteiger partial charge in [-0.3, -0.25) is 10.1 Å². The van der Waals surface area contributed by atoms with E-state index in [0.29, 0.717) is 11.7 Å². The molecule has 1 aromatic rings. The number of pyridine rings is 1. The molecule has 0 saturated heterocycles. The molecule has 0 radical (unpaired) electrons. The van der Waals surface area contributed by atoms with E-state index in [0.717, 1.165) is 12.2 Å². The highest BCUT2D eigenvalue weighted by Gasteiger charge is 2.20. The van der Waals surface area contributed by atoms with E-state index in [9.17, 15) is 10.1 Å². The number of aryl methyl sites for hydroxylation is 1. The van der Waals surface area contributed by atoms with Gasteiger partial charge in [0.2, 0.25) is 5.82 Å². The molecule has 86 valence electrons. The summed E-state index contributed by atoms with van der Waals surface area (Å²) in [5, 5.41) is 13.9. The van der Waals surface area contributed by atoms with Crippen molar-refractivity contribution in [2.75, 3.05) is 11.9 Å². The molecule has 16 heavy (non-hydrogen) atoms. The number of nitro groups is 1. The van der Waals surface area contributed by atoms with Crippen molar-refractivity contribution < 1.29 is 4.92 Å². The normalized spacial score (nSPS) is 15.6. The zero-order valence-corrected chi connectivity index (χ0v) is 9.27. The molecule has 1 aliphatic carbocycles. The number of anilines is 1. The van der Waals surface area contributed by atoms with Gasteiger partial charge in [0, 0.05) is 18.3 Å². The van der Waals surface area contributed by atoms with Crippen molar-refractivity contribution in [2.24, 2.45) is 5.92 Å². The van der Waals surface area contributed by atoms with Gasteiger partial charge in [-0.05, 0) is 31.7 Å². The Bertz CT molecular complexity index is 402. The molecule has 0 atom stereocenters. The van der Waals surface area contributed by atoms with Crippen LogP contribution in [0.1, 0.15) is 25.0 Å². The average Bonchev–Trinajstić information content (AvgIpc) is 2.14. The number of aromatic nitrogens is 1. The molecule has 0 aliphatic heterocycles. The Balaban J connectivity index is 2.09. The van der Waals surface area contributed by atoms with Crippen LogP contribution < -0.4 is 5.32 Å². The minimum Gasteiger partial charge on any atom is -0.364 e. The van der Waals surface area contributed by atoms with Gasteiger partial charge in [0.05, 0.1) is 4.92 Å². The Morgan fingerprint density at radius 1 is 1.56 bits per heavy atom. The lowest BCUT2D eigenvalue weighted by molar-refractivity contribution is -0.384. The van der Waals surface area contributed by atoms with Gasteiger partial charge in [-0.1, -0.05) is 6.42 Å². The average molecular weight is 221 g/mol. The standard InChI is InChI=1S/C11H15N3O2/c1-8-5-6-10(14(15)16)11(13-8)12-7-9-3-2-4-9/h5-6,9H,2-4,7H2,1H3,(H,12,13). The summed E-state index contributed by atoms with van der Waals surface area (Å²) in [5.41, 5.74) is 0.853. The lowest BCUT2D eigenvalue weighted by Gasteiger charge is -2.25. The third-order valence-electron chi connectivity index (χ3n) is 2.99. The Hall–Kier alpha value is -1.65. The summed E-state index contributed by atoms with van der Waals surface area (Å²) in [4.78, 5) is 14.6. The number of nitrogens with zero attached hydrogens (tertiary/aromatic N) is 2. The fourth-order valence-electron chi connectivity index (χ4n) is 1.76. The molecule has 0 amide bonds. The van der Waals surface area contributed by atoms with E-state index in [-0.39, 0.29) is 5.69 Å². The van der Waals surface area contributed by atoms with Crippen molar-refractivity contribution in [3.63, 3.8) is 0 Å². The Morgan fingerprint density at radius 2 is 2.31 bits per heavy atom. The van der Waals surface area contributed by atoms with Crippen LogP contribution in [0.4, 0.5) is 11.5 Å². The number of nitrogens with one attached hydrogen (secondary N) is 1. The van der Waals surface area contributed by atoms with Crippen LogP contribution in [0.5, 0.6) is 0 Å². The minimum atomic E-state index is -0.393. The van der Waals surface area contributed by atoms with Crippen LogP contribution >= 0.6 is 0 Å². The van der Waals surface area contributed by atoms with Gasteiger partial charge in [-0.15, -0.1) is 0 Å². The molecule has 1 heterocycles. The Labute approximate surface area is 94.0 Å². The molecule has 0 bridgehead atoms. The van der Waals surface area contributed by atoms with E-state index in [1.807, 2.05) is 6.92 Å². The fourth-order valence-corrected chi connectivity index (χ4v) is 1.76. The molecular weight excluding hydrogens is 206 g/mol. The minimum absolute atomic E-state index is 0.0601. The fraction of sp³-hybridized carbons (Fsp3) is 0.545. The summed E-state index contributed by atoms with van der Waals surface area (Å²) < 4.78 is 0. The molecule has 5 heteroatoms. The largest absolute Gasteiger partial charge is 0.364 e. The summed E-state index contributed by atoms with van der Waals surface area (Å²) in [6.07, 6.45) is 3.70. The lowest BCUT2D eigenvalue weighted by atomic mass is 9.85. The van der Waals surface area contributed by atoms with Crippen molar-refractivity contribution in [3.8, 4) is 0 Å². The molecular formula is C11H15N3O2. The van der Waals surface area contributed by atoms with Crippen molar-refractivity contribution in [1.82, 2.24) is 4.98 Å². The van der Waals surface area contributed by atoms with E-state index in [1.165, 1.54) is 25.3 Å². The summed E-state index contributed by atoms with van der Waals surface area (Å²) in [5.74, 6) is 1.05. The molecule has 0 unspecified atom stereocenters. The van der Waals surface area contributed by atoms with E-state index < -0.39 is 4.92 Å². The van der Waals surface area contributed by atoms with Crippen LogP contribution in [0.3, 0.4) is 0 Å². The SMILES string of the molecule is Cc1ccc([N+](=O)[O-])c(NCC2CCC2)n1. The molecule has 1 saturated carbocycles. The van der Waals surface area contributed by atoms with Crippen molar-refractivity contribution in [1.29, 1.82) is 0 Å². The van der Waals surface area contributed by atoms with Crippen molar-refractivity contribution in [2.45, 2.75) is 26.2 Å². The first kappa shape index (κ1) is 10.9. The van der Waals surface area contributed by atoms with Gasteiger partial charge < -0.3 is 5.32 Å². The Kier molecular flexibility index (Phi) is 3.03. The zero-order chi connectivity index (χ0) is 11.5. The van der Waals surface area contributed by atoms with Crippen LogP contribution in [0.15, 0.2) is 12.1 Å². The quantitative estimate of drug-likeness (QED) is 0.626.